The van der Waals surface area contributed by atoms with Crippen LogP contribution in [0.15, 0.2) is 24.3 Å². The molecule has 0 saturated heterocycles. The van der Waals surface area contributed by atoms with Crippen LogP contribution in [0.25, 0.3) is 0 Å². The SMILES string of the molecule is CC1CC(C(C)N)c2ccccc21. The first-order valence-electron chi connectivity index (χ1n) is 5.04. The summed E-state index contributed by atoms with van der Waals surface area (Å²) in [7, 11) is 0. The number of benzene rings is 1. The van der Waals surface area contributed by atoms with Gasteiger partial charge in [0, 0.05) is 6.04 Å². The van der Waals surface area contributed by atoms with Crippen LogP contribution in [0.3, 0.4) is 0 Å². The number of nitrogens with two attached hydrogens (primary N) is 1. The van der Waals surface area contributed by atoms with Gasteiger partial charge in [-0.3, -0.25) is 0 Å². The van der Waals surface area contributed by atoms with Crippen molar-refractivity contribution in [1.82, 2.24) is 0 Å². The van der Waals surface area contributed by atoms with E-state index >= 15 is 0 Å². The molecule has 2 N–H and O–H groups in total. The van der Waals surface area contributed by atoms with Crippen molar-refractivity contribution in [2.45, 2.75) is 38.1 Å². The molecule has 3 atom stereocenters. The van der Waals surface area contributed by atoms with Crippen molar-refractivity contribution in [2.24, 2.45) is 5.73 Å². The lowest BCUT2D eigenvalue weighted by Crippen LogP contribution is -2.22. The van der Waals surface area contributed by atoms with Crippen molar-refractivity contribution >= 4 is 0 Å². The van der Waals surface area contributed by atoms with Gasteiger partial charge in [0.2, 0.25) is 0 Å². The van der Waals surface area contributed by atoms with Crippen LogP contribution in [-0.4, -0.2) is 6.04 Å². The lowest BCUT2D eigenvalue weighted by molar-refractivity contribution is 0.534. The van der Waals surface area contributed by atoms with Crippen LogP contribution in [0.1, 0.15) is 43.2 Å². The molecule has 0 aromatic heterocycles. The van der Waals surface area contributed by atoms with Gasteiger partial charge in [0.15, 0.2) is 0 Å². The predicted molar refractivity (Wildman–Crippen MR) is 55.9 cm³/mol. The van der Waals surface area contributed by atoms with Crippen molar-refractivity contribution < 1.29 is 0 Å². The molecule has 1 aromatic rings. The van der Waals surface area contributed by atoms with Crippen LogP contribution >= 0.6 is 0 Å². The van der Waals surface area contributed by atoms with Gasteiger partial charge >= 0.3 is 0 Å². The third-order valence-corrected chi connectivity index (χ3v) is 3.17. The summed E-state index contributed by atoms with van der Waals surface area (Å²) in [4.78, 5) is 0. The van der Waals surface area contributed by atoms with Gasteiger partial charge in [0.05, 0.1) is 0 Å². The van der Waals surface area contributed by atoms with Crippen molar-refractivity contribution in [3.8, 4) is 0 Å². The maximum Gasteiger partial charge on any atom is 0.00796 e. The van der Waals surface area contributed by atoms with Gasteiger partial charge in [-0.05, 0) is 36.3 Å². The predicted octanol–water partition coefficient (Wildman–Crippen LogP) is 2.62. The van der Waals surface area contributed by atoms with Crippen LogP contribution in [0.5, 0.6) is 0 Å². The zero-order valence-electron chi connectivity index (χ0n) is 8.33. The van der Waals surface area contributed by atoms with E-state index < -0.39 is 0 Å². The van der Waals surface area contributed by atoms with Gasteiger partial charge in [0.25, 0.3) is 0 Å². The maximum atomic E-state index is 5.97. The molecular weight excluding hydrogens is 158 g/mol. The number of fused-ring (bicyclic) bond motifs is 1. The van der Waals surface area contributed by atoms with Crippen LogP contribution < -0.4 is 5.73 Å². The number of rotatable bonds is 1. The molecule has 0 fully saturated rings. The Bertz CT molecular complexity index is 304. The minimum absolute atomic E-state index is 0.283. The third-order valence-electron chi connectivity index (χ3n) is 3.17. The van der Waals surface area contributed by atoms with Gasteiger partial charge in [-0.25, -0.2) is 0 Å². The van der Waals surface area contributed by atoms with Crippen LogP contribution in [0.4, 0.5) is 0 Å². The summed E-state index contributed by atoms with van der Waals surface area (Å²) in [5.41, 5.74) is 8.96. The first-order valence-corrected chi connectivity index (χ1v) is 5.04. The second-order valence-corrected chi connectivity index (χ2v) is 4.23. The number of hydrogen-bond acceptors (Lipinski definition) is 1. The summed E-state index contributed by atoms with van der Waals surface area (Å²) in [5.74, 6) is 1.26. The van der Waals surface area contributed by atoms with Gasteiger partial charge < -0.3 is 5.73 Å². The molecule has 1 aliphatic rings. The second-order valence-electron chi connectivity index (χ2n) is 4.23. The van der Waals surface area contributed by atoms with Gasteiger partial charge in [-0.15, -0.1) is 0 Å². The zero-order valence-corrected chi connectivity index (χ0v) is 8.33. The fourth-order valence-electron chi connectivity index (χ4n) is 2.43. The normalized spacial score (nSPS) is 28.5. The summed E-state index contributed by atoms with van der Waals surface area (Å²) in [6.07, 6.45) is 1.22. The molecule has 1 nitrogen and oxygen atoms in total. The van der Waals surface area contributed by atoms with Crippen molar-refractivity contribution in [3.63, 3.8) is 0 Å². The van der Waals surface area contributed by atoms with E-state index in [9.17, 15) is 0 Å². The van der Waals surface area contributed by atoms with E-state index in [1.807, 2.05) is 0 Å². The molecule has 0 saturated carbocycles. The van der Waals surface area contributed by atoms with Gasteiger partial charge in [-0.2, -0.15) is 0 Å². The molecular formula is C12H17N. The summed E-state index contributed by atoms with van der Waals surface area (Å²) >= 11 is 0. The first kappa shape index (κ1) is 8.76. The van der Waals surface area contributed by atoms with Crippen molar-refractivity contribution in [1.29, 1.82) is 0 Å². The smallest absolute Gasteiger partial charge is 0.00796 e. The highest BCUT2D eigenvalue weighted by Crippen LogP contribution is 2.42. The Morgan fingerprint density at radius 3 is 2.54 bits per heavy atom. The number of hydrogen-bond donors (Lipinski definition) is 1. The zero-order chi connectivity index (χ0) is 9.42. The Labute approximate surface area is 80.0 Å². The summed E-state index contributed by atoms with van der Waals surface area (Å²) in [6, 6.07) is 8.99. The fraction of sp³-hybridized carbons (Fsp3) is 0.500. The highest BCUT2D eigenvalue weighted by molar-refractivity contribution is 5.38. The third kappa shape index (κ3) is 1.37. The molecule has 0 bridgehead atoms. The molecule has 70 valence electrons. The van der Waals surface area contributed by atoms with E-state index in [-0.39, 0.29) is 6.04 Å². The molecule has 0 spiro atoms. The van der Waals surface area contributed by atoms with Crippen LogP contribution in [0, 0.1) is 0 Å². The second kappa shape index (κ2) is 3.15. The Morgan fingerprint density at radius 1 is 1.31 bits per heavy atom. The molecule has 0 aliphatic heterocycles. The Hall–Kier alpha value is -0.820. The molecule has 1 aliphatic carbocycles. The lowest BCUT2D eigenvalue weighted by Gasteiger charge is -2.15. The minimum atomic E-state index is 0.283. The maximum absolute atomic E-state index is 5.97. The minimum Gasteiger partial charge on any atom is -0.327 e. The summed E-state index contributed by atoms with van der Waals surface area (Å²) < 4.78 is 0. The topological polar surface area (TPSA) is 26.0 Å². The van der Waals surface area contributed by atoms with E-state index in [1.165, 1.54) is 17.5 Å². The highest BCUT2D eigenvalue weighted by Gasteiger charge is 2.29. The highest BCUT2D eigenvalue weighted by atomic mass is 14.6. The van der Waals surface area contributed by atoms with Crippen LogP contribution in [-0.2, 0) is 0 Å². The summed E-state index contributed by atoms with van der Waals surface area (Å²) in [6.45, 7) is 4.40. The van der Waals surface area contributed by atoms with E-state index in [0.717, 1.165) is 0 Å². The molecule has 3 unspecified atom stereocenters. The quantitative estimate of drug-likeness (QED) is 0.697. The van der Waals surface area contributed by atoms with Gasteiger partial charge in [0.1, 0.15) is 0 Å². The Morgan fingerprint density at radius 2 is 1.92 bits per heavy atom. The van der Waals surface area contributed by atoms with E-state index in [0.29, 0.717) is 11.8 Å². The molecule has 13 heavy (non-hydrogen) atoms. The Kier molecular flexibility index (Phi) is 2.12. The first-order chi connectivity index (χ1) is 6.20. The van der Waals surface area contributed by atoms with Crippen molar-refractivity contribution in [2.75, 3.05) is 0 Å². The lowest BCUT2D eigenvalue weighted by atomic mass is 9.95. The Balaban J connectivity index is 2.41. The fourth-order valence-corrected chi connectivity index (χ4v) is 2.43. The molecule has 0 radical (unpaired) electrons. The summed E-state index contributed by atoms with van der Waals surface area (Å²) in [5, 5.41) is 0. The monoisotopic (exact) mass is 175 g/mol. The van der Waals surface area contributed by atoms with E-state index in [4.69, 9.17) is 5.73 Å². The van der Waals surface area contributed by atoms with Crippen LogP contribution in [0.2, 0.25) is 0 Å². The standard InChI is InChI=1S/C12H17N/c1-8-7-12(9(2)13)11-6-4-3-5-10(8)11/h3-6,8-9,12H,7,13H2,1-2H3. The van der Waals surface area contributed by atoms with E-state index in [1.54, 1.807) is 0 Å². The molecule has 0 heterocycles. The van der Waals surface area contributed by atoms with Crippen molar-refractivity contribution in [3.05, 3.63) is 35.4 Å². The largest absolute Gasteiger partial charge is 0.327 e. The average Bonchev–Trinajstić information content (AvgIpc) is 2.45. The van der Waals surface area contributed by atoms with E-state index in [2.05, 4.69) is 38.1 Å². The average molecular weight is 175 g/mol. The van der Waals surface area contributed by atoms with Gasteiger partial charge in [-0.1, -0.05) is 31.2 Å². The molecule has 1 aromatic carbocycles. The molecule has 2 rings (SSSR count). The molecule has 0 amide bonds. The molecule has 1 heteroatoms.